The van der Waals surface area contributed by atoms with Crippen LogP contribution in [-0.4, -0.2) is 18.0 Å². The van der Waals surface area contributed by atoms with Crippen molar-refractivity contribution in [2.24, 2.45) is 0 Å². The molecule has 0 aliphatic carbocycles. The van der Waals surface area contributed by atoms with Crippen LogP contribution in [0.4, 0.5) is 0 Å². The first-order chi connectivity index (χ1) is 26.2. The van der Waals surface area contributed by atoms with Gasteiger partial charge in [0.1, 0.15) is 11.2 Å². The SMILES string of the molecule is Cc1cccc([Si](c2ccccc2)(c2ccccc2)c2cccc(-c3cc(-c4cccc5c4oc4ccccc45)nc4c3ccc3cccnc34)c2)c1. The number of pyridine rings is 2. The van der Waals surface area contributed by atoms with Crippen LogP contribution in [0.15, 0.2) is 193 Å². The lowest BCUT2D eigenvalue weighted by Crippen LogP contribution is -2.74. The highest BCUT2D eigenvalue weighted by molar-refractivity contribution is 7.19. The number of para-hydroxylation sites is 2. The van der Waals surface area contributed by atoms with Crippen LogP contribution in [-0.2, 0) is 0 Å². The van der Waals surface area contributed by atoms with Crippen molar-refractivity contribution in [2.75, 3.05) is 0 Å². The summed E-state index contributed by atoms with van der Waals surface area (Å²) in [5, 5.41) is 9.69. The van der Waals surface area contributed by atoms with Gasteiger partial charge in [0.25, 0.3) is 0 Å². The molecule has 0 unspecified atom stereocenters. The van der Waals surface area contributed by atoms with Crippen LogP contribution < -0.4 is 20.7 Å². The molecule has 0 saturated heterocycles. The molecule has 10 aromatic rings. The summed E-state index contributed by atoms with van der Waals surface area (Å²) in [7, 11) is -2.78. The zero-order valence-corrected chi connectivity index (χ0v) is 30.2. The number of aryl methyl sites for hydroxylation is 1. The van der Waals surface area contributed by atoms with Crippen molar-refractivity contribution in [3.8, 4) is 22.4 Å². The van der Waals surface area contributed by atoms with Gasteiger partial charge in [0, 0.05) is 33.3 Å². The number of fused-ring (bicyclic) bond motifs is 6. The van der Waals surface area contributed by atoms with E-state index in [1.54, 1.807) is 0 Å². The van der Waals surface area contributed by atoms with Gasteiger partial charge in [-0.05, 0) is 63.1 Å². The third-order valence-corrected chi connectivity index (χ3v) is 15.5. The van der Waals surface area contributed by atoms with Crippen LogP contribution in [0.5, 0.6) is 0 Å². The maximum absolute atomic E-state index is 6.55. The van der Waals surface area contributed by atoms with Gasteiger partial charge in [0.2, 0.25) is 0 Å². The molecule has 0 N–H and O–H groups in total. The molecule has 3 aromatic heterocycles. The van der Waals surface area contributed by atoms with Crippen LogP contribution in [0, 0.1) is 6.92 Å². The molecule has 250 valence electrons. The predicted octanol–water partition coefficient (Wildman–Crippen LogP) is 9.70. The molecule has 0 radical (unpaired) electrons. The van der Waals surface area contributed by atoms with Crippen molar-refractivity contribution in [1.82, 2.24) is 9.97 Å². The highest BCUT2D eigenvalue weighted by Crippen LogP contribution is 2.39. The van der Waals surface area contributed by atoms with Gasteiger partial charge in [-0.3, -0.25) is 4.98 Å². The molecule has 0 bridgehead atoms. The first kappa shape index (κ1) is 31.1. The second-order valence-corrected chi connectivity index (χ2v) is 17.6. The fourth-order valence-corrected chi connectivity index (χ4v) is 13.2. The van der Waals surface area contributed by atoms with Gasteiger partial charge in [-0.2, -0.15) is 0 Å². The Bertz CT molecular complexity index is 2930. The lowest BCUT2D eigenvalue weighted by atomic mass is 9.96. The van der Waals surface area contributed by atoms with E-state index in [0.717, 1.165) is 66.1 Å². The molecule has 0 saturated carbocycles. The van der Waals surface area contributed by atoms with Gasteiger partial charge in [-0.1, -0.05) is 163 Å². The Balaban J connectivity index is 1.28. The molecule has 53 heavy (non-hydrogen) atoms. The molecule has 0 aliphatic heterocycles. The quantitative estimate of drug-likeness (QED) is 0.0989. The van der Waals surface area contributed by atoms with Crippen molar-refractivity contribution in [1.29, 1.82) is 0 Å². The van der Waals surface area contributed by atoms with Crippen molar-refractivity contribution < 1.29 is 4.42 Å². The van der Waals surface area contributed by atoms with Crippen LogP contribution in [0.2, 0.25) is 0 Å². The fourth-order valence-electron chi connectivity index (χ4n) is 8.33. The molecule has 0 atom stereocenters. The topological polar surface area (TPSA) is 38.9 Å². The van der Waals surface area contributed by atoms with E-state index in [1.165, 1.54) is 26.3 Å². The van der Waals surface area contributed by atoms with E-state index in [2.05, 4.69) is 171 Å². The minimum Gasteiger partial charge on any atom is -0.455 e. The van der Waals surface area contributed by atoms with Crippen molar-refractivity contribution in [3.63, 3.8) is 0 Å². The second kappa shape index (κ2) is 12.6. The molecular weight excluding hydrogens is 661 g/mol. The van der Waals surface area contributed by atoms with E-state index in [0.29, 0.717) is 0 Å². The number of furan rings is 1. The maximum atomic E-state index is 6.55. The summed E-state index contributed by atoms with van der Waals surface area (Å²) in [4.78, 5) is 10.3. The first-order valence-corrected chi connectivity index (χ1v) is 20.1. The van der Waals surface area contributed by atoms with E-state index in [1.807, 2.05) is 24.4 Å². The summed E-state index contributed by atoms with van der Waals surface area (Å²) in [6, 6.07) is 65.9. The Hall–Kier alpha value is -6.62. The standard InChI is InChI=1S/C49H34N2OSi/c1-33-14-10-21-38(30-33)53(36-17-4-2-5-18-36,37-19-6-3-7-20-37)39-22-11-15-35(31-39)44-32-45(51-48-41(44)28-27-34-16-13-29-50-47(34)48)43-25-12-24-42-40-23-8-9-26-46(40)52-49(42)43/h2-32H,1H3. The van der Waals surface area contributed by atoms with Crippen molar-refractivity contribution in [3.05, 3.63) is 194 Å². The Morgan fingerprint density at radius 2 is 1.15 bits per heavy atom. The molecule has 4 heteroatoms. The summed E-state index contributed by atoms with van der Waals surface area (Å²) < 4.78 is 6.55. The number of benzene rings is 7. The Morgan fingerprint density at radius 3 is 1.94 bits per heavy atom. The van der Waals surface area contributed by atoms with Gasteiger partial charge in [-0.25, -0.2) is 4.98 Å². The van der Waals surface area contributed by atoms with Crippen molar-refractivity contribution >= 4 is 72.6 Å². The van der Waals surface area contributed by atoms with E-state index in [4.69, 9.17) is 14.4 Å². The zero-order chi connectivity index (χ0) is 35.4. The third-order valence-electron chi connectivity index (χ3n) is 10.7. The minimum atomic E-state index is -2.78. The molecule has 3 nitrogen and oxygen atoms in total. The highest BCUT2D eigenvalue weighted by Gasteiger charge is 2.41. The monoisotopic (exact) mass is 694 g/mol. The summed E-state index contributed by atoms with van der Waals surface area (Å²) in [6.07, 6.45) is 1.86. The van der Waals surface area contributed by atoms with Gasteiger partial charge < -0.3 is 4.42 Å². The van der Waals surface area contributed by atoms with Gasteiger partial charge in [0.15, 0.2) is 8.07 Å². The normalized spacial score (nSPS) is 11.9. The average molecular weight is 695 g/mol. The fraction of sp³-hybridized carbons (Fsp3) is 0.0204. The second-order valence-electron chi connectivity index (χ2n) is 13.8. The highest BCUT2D eigenvalue weighted by atomic mass is 28.3. The Morgan fingerprint density at radius 1 is 0.472 bits per heavy atom. The molecule has 0 amide bonds. The molecule has 3 heterocycles. The van der Waals surface area contributed by atoms with Crippen LogP contribution in [0.3, 0.4) is 0 Å². The smallest absolute Gasteiger partial charge is 0.179 e. The summed E-state index contributed by atoms with van der Waals surface area (Å²) >= 11 is 0. The van der Waals surface area contributed by atoms with E-state index in [9.17, 15) is 0 Å². The van der Waals surface area contributed by atoms with Crippen LogP contribution in [0.25, 0.3) is 66.1 Å². The van der Waals surface area contributed by atoms with Gasteiger partial charge in [0.05, 0.1) is 16.7 Å². The lowest BCUT2D eigenvalue weighted by molar-refractivity contribution is 0.670. The summed E-state index contributed by atoms with van der Waals surface area (Å²) in [5.74, 6) is 0. The number of hydrogen-bond donors (Lipinski definition) is 0. The molecule has 0 spiro atoms. The first-order valence-electron chi connectivity index (χ1n) is 18.1. The van der Waals surface area contributed by atoms with Gasteiger partial charge >= 0.3 is 0 Å². The predicted molar refractivity (Wildman–Crippen MR) is 224 cm³/mol. The van der Waals surface area contributed by atoms with E-state index >= 15 is 0 Å². The lowest BCUT2D eigenvalue weighted by Gasteiger charge is -2.35. The minimum absolute atomic E-state index is 0.840. The largest absolute Gasteiger partial charge is 0.455 e. The number of nitrogens with zero attached hydrogens (tertiary/aromatic N) is 2. The Kier molecular flexibility index (Phi) is 7.37. The third kappa shape index (κ3) is 5.02. The number of rotatable bonds is 6. The van der Waals surface area contributed by atoms with Crippen LogP contribution >= 0.6 is 0 Å². The average Bonchev–Trinajstić information content (AvgIpc) is 3.61. The molecule has 7 aromatic carbocycles. The van der Waals surface area contributed by atoms with Crippen LogP contribution in [0.1, 0.15) is 5.56 Å². The summed E-state index contributed by atoms with van der Waals surface area (Å²) in [6.45, 7) is 2.20. The van der Waals surface area contributed by atoms with E-state index < -0.39 is 8.07 Å². The summed E-state index contributed by atoms with van der Waals surface area (Å²) in [5.41, 5.74) is 8.80. The maximum Gasteiger partial charge on any atom is 0.179 e. The Labute approximate surface area is 308 Å². The van der Waals surface area contributed by atoms with Crippen molar-refractivity contribution in [2.45, 2.75) is 6.92 Å². The number of aromatic nitrogens is 2. The van der Waals surface area contributed by atoms with E-state index in [-0.39, 0.29) is 0 Å². The van der Waals surface area contributed by atoms with Gasteiger partial charge in [-0.15, -0.1) is 0 Å². The molecule has 0 aliphatic rings. The number of hydrogen-bond acceptors (Lipinski definition) is 3. The molecule has 0 fully saturated rings. The molecule has 10 rings (SSSR count). The zero-order valence-electron chi connectivity index (χ0n) is 29.2. The molecular formula is C49H34N2OSi.